The van der Waals surface area contributed by atoms with Crippen LogP contribution in [0, 0.1) is 6.92 Å². The highest BCUT2D eigenvalue weighted by atomic mass is 14.6. The van der Waals surface area contributed by atoms with Crippen molar-refractivity contribution in [2.45, 2.75) is 84.5 Å². The SMILES string of the molecule is CCCCCCC(C)(CCCC)c1ccnc(C)c1. The molecule has 1 aromatic rings. The maximum absolute atomic E-state index is 4.34. The van der Waals surface area contributed by atoms with Crippen LogP contribution in [0.4, 0.5) is 0 Å². The van der Waals surface area contributed by atoms with Crippen molar-refractivity contribution < 1.29 is 0 Å². The molecular formula is C18H31N. The summed E-state index contributed by atoms with van der Waals surface area (Å²) in [6, 6.07) is 4.51. The molecule has 1 rings (SSSR count). The van der Waals surface area contributed by atoms with Crippen LogP contribution in [0.5, 0.6) is 0 Å². The maximum Gasteiger partial charge on any atom is 0.0375 e. The number of pyridine rings is 1. The van der Waals surface area contributed by atoms with Crippen molar-refractivity contribution in [3.63, 3.8) is 0 Å². The Bertz CT molecular complexity index is 358. The van der Waals surface area contributed by atoms with Crippen molar-refractivity contribution in [1.29, 1.82) is 0 Å². The molecule has 1 heteroatoms. The van der Waals surface area contributed by atoms with Gasteiger partial charge in [0, 0.05) is 11.9 Å². The average molecular weight is 261 g/mol. The summed E-state index contributed by atoms with van der Waals surface area (Å²) in [5, 5.41) is 0. The van der Waals surface area contributed by atoms with Gasteiger partial charge in [0.1, 0.15) is 0 Å². The van der Waals surface area contributed by atoms with E-state index < -0.39 is 0 Å². The fourth-order valence-corrected chi connectivity index (χ4v) is 2.84. The Morgan fingerprint density at radius 2 is 1.68 bits per heavy atom. The van der Waals surface area contributed by atoms with Crippen LogP contribution in [-0.2, 0) is 5.41 Å². The maximum atomic E-state index is 4.34. The van der Waals surface area contributed by atoms with Gasteiger partial charge in [-0.05, 0) is 42.9 Å². The lowest BCUT2D eigenvalue weighted by atomic mass is 9.74. The third kappa shape index (κ3) is 5.34. The molecule has 108 valence electrons. The Labute approximate surface area is 119 Å². The van der Waals surface area contributed by atoms with E-state index in [9.17, 15) is 0 Å². The van der Waals surface area contributed by atoms with E-state index in [1.54, 1.807) is 0 Å². The predicted octanol–water partition coefficient (Wildman–Crippen LogP) is 5.81. The fourth-order valence-electron chi connectivity index (χ4n) is 2.84. The molecule has 1 heterocycles. The Morgan fingerprint density at radius 1 is 1.00 bits per heavy atom. The van der Waals surface area contributed by atoms with Crippen LogP contribution in [0.15, 0.2) is 18.3 Å². The fraction of sp³-hybridized carbons (Fsp3) is 0.722. The molecule has 1 nitrogen and oxygen atoms in total. The molecule has 0 radical (unpaired) electrons. The van der Waals surface area contributed by atoms with E-state index in [1.165, 1.54) is 56.9 Å². The normalized spacial score (nSPS) is 14.3. The molecule has 1 atom stereocenters. The van der Waals surface area contributed by atoms with Crippen LogP contribution < -0.4 is 0 Å². The lowest BCUT2D eigenvalue weighted by Gasteiger charge is -2.30. The molecule has 0 aliphatic heterocycles. The minimum absolute atomic E-state index is 0.345. The first-order chi connectivity index (χ1) is 9.12. The number of hydrogen-bond acceptors (Lipinski definition) is 1. The van der Waals surface area contributed by atoms with E-state index in [4.69, 9.17) is 0 Å². The summed E-state index contributed by atoms with van der Waals surface area (Å²) in [5.41, 5.74) is 2.98. The number of nitrogens with zero attached hydrogens (tertiary/aromatic N) is 1. The quantitative estimate of drug-likeness (QED) is 0.511. The summed E-state index contributed by atoms with van der Waals surface area (Å²) in [7, 11) is 0. The molecule has 0 saturated heterocycles. The van der Waals surface area contributed by atoms with Gasteiger partial charge in [0.15, 0.2) is 0 Å². The van der Waals surface area contributed by atoms with E-state index >= 15 is 0 Å². The first-order valence-corrected chi connectivity index (χ1v) is 8.05. The van der Waals surface area contributed by atoms with Crippen LogP contribution in [-0.4, -0.2) is 4.98 Å². The van der Waals surface area contributed by atoms with Crippen molar-refractivity contribution in [2.75, 3.05) is 0 Å². The second-order valence-corrected chi connectivity index (χ2v) is 6.16. The molecule has 0 N–H and O–H groups in total. The van der Waals surface area contributed by atoms with Gasteiger partial charge in [-0.25, -0.2) is 0 Å². The Kier molecular flexibility index (Phi) is 7.12. The number of aromatic nitrogens is 1. The van der Waals surface area contributed by atoms with Gasteiger partial charge >= 0.3 is 0 Å². The van der Waals surface area contributed by atoms with Gasteiger partial charge in [0.2, 0.25) is 0 Å². The zero-order valence-electron chi connectivity index (χ0n) is 13.3. The lowest BCUT2D eigenvalue weighted by molar-refractivity contribution is 0.368. The third-order valence-corrected chi connectivity index (χ3v) is 4.26. The van der Waals surface area contributed by atoms with E-state index in [-0.39, 0.29) is 0 Å². The van der Waals surface area contributed by atoms with Crippen molar-refractivity contribution in [3.8, 4) is 0 Å². The molecule has 1 aromatic heterocycles. The standard InChI is InChI=1S/C18H31N/c1-5-7-9-10-13-18(4,12-8-6-2)17-11-14-19-16(3)15-17/h11,14-15H,5-10,12-13H2,1-4H3. The third-order valence-electron chi connectivity index (χ3n) is 4.26. The van der Waals surface area contributed by atoms with Crippen LogP contribution in [0.1, 0.15) is 83.4 Å². The summed E-state index contributed by atoms with van der Waals surface area (Å²) in [4.78, 5) is 4.34. The van der Waals surface area contributed by atoms with Crippen LogP contribution >= 0.6 is 0 Å². The van der Waals surface area contributed by atoms with Crippen LogP contribution in [0.25, 0.3) is 0 Å². The summed E-state index contributed by atoms with van der Waals surface area (Å²) in [5.74, 6) is 0. The summed E-state index contributed by atoms with van der Waals surface area (Å²) >= 11 is 0. The highest BCUT2D eigenvalue weighted by molar-refractivity contribution is 5.24. The average Bonchev–Trinajstić information content (AvgIpc) is 2.41. The molecule has 0 saturated carbocycles. The Morgan fingerprint density at radius 3 is 2.32 bits per heavy atom. The summed E-state index contributed by atoms with van der Waals surface area (Å²) in [6.45, 7) is 9.11. The summed E-state index contributed by atoms with van der Waals surface area (Å²) < 4.78 is 0. The summed E-state index contributed by atoms with van der Waals surface area (Å²) in [6.07, 6.45) is 12.6. The van der Waals surface area contributed by atoms with Crippen molar-refractivity contribution in [1.82, 2.24) is 4.98 Å². The zero-order valence-corrected chi connectivity index (χ0v) is 13.3. The molecule has 0 aliphatic rings. The van der Waals surface area contributed by atoms with Crippen molar-refractivity contribution >= 4 is 0 Å². The van der Waals surface area contributed by atoms with Crippen LogP contribution in [0.2, 0.25) is 0 Å². The number of unbranched alkanes of at least 4 members (excludes halogenated alkanes) is 4. The van der Waals surface area contributed by atoms with Gasteiger partial charge < -0.3 is 0 Å². The van der Waals surface area contributed by atoms with Gasteiger partial charge in [0.25, 0.3) is 0 Å². The second kappa shape index (κ2) is 8.35. The minimum atomic E-state index is 0.345. The molecule has 1 unspecified atom stereocenters. The zero-order chi connectivity index (χ0) is 14.1. The van der Waals surface area contributed by atoms with Gasteiger partial charge in [-0.15, -0.1) is 0 Å². The molecule has 0 spiro atoms. The number of aryl methyl sites for hydroxylation is 1. The molecule has 0 bridgehead atoms. The van der Waals surface area contributed by atoms with Gasteiger partial charge in [-0.3, -0.25) is 4.98 Å². The van der Waals surface area contributed by atoms with Gasteiger partial charge in [-0.1, -0.05) is 59.3 Å². The van der Waals surface area contributed by atoms with E-state index in [0.29, 0.717) is 5.41 Å². The number of hydrogen-bond donors (Lipinski definition) is 0. The molecule has 0 aromatic carbocycles. The second-order valence-electron chi connectivity index (χ2n) is 6.16. The minimum Gasteiger partial charge on any atom is -0.262 e. The van der Waals surface area contributed by atoms with E-state index in [2.05, 4.69) is 44.8 Å². The molecule has 0 amide bonds. The highest BCUT2D eigenvalue weighted by Crippen LogP contribution is 2.35. The molecule has 0 aliphatic carbocycles. The van der Waals surface area contributed by atoms with E-state index in [1.807, 2.05) is 6.20 Å². The monoisotopic (exact) mass is 261 g/mol. The highest BCUT2D eigenvalue weighted by Gasteiger charge is 2.25. The molecule has 0 fully saturated rings. The van der Waals surface area contributed by atoms with Crippen molar-refractivity contribution in [3.05, 3.63) is 29.6 Å². The van der Waals surface area contributed by atoms with E-state index in [0.717, 1.165) is 5.69 Å². The first kappa shape index (κ1) is 16.2. The molecule has 19 heavy (non-hydrogen) atoms. The molecular weight excluding hydrogens is 230 g/mol. The lowest BCUT2D eigenvalue weighted by Crippen LogP contribution is -2.22. The first-order valence-electron chi connectivity index (χ1n) is 8.05. The predicted molar refractivity (Wildman–Crippen MR) is 84.6 cm³/mol. The Balaban J connectivity index is 2.73. The number of rotatable bonds is 9. The van der Waals surface area contributed by atoms with Gasteiger partial charge in [0.05, 0.1) is 0 Å². The van der Waals surface area contributed by atoms with Gasteiger partial charge in [-0.2, -0.15) is 0 Å². The topological polar surface area (TPSA) is 12.9 Å². The Hall–Kier alpha value is -0.850. The largest absolute Gasteiger partial charge is 0.262 e. The van der Waals surface area contributed by atoms with Crippen molar-refractivity contribution in [2.24, 2.45) is 0 Å². The smallest absolute Gasteiger partial charge is 0.0375 e. The van der Waals surface area contributed by atoms with Crippen LogP contribution in [0.3, 0.4) is 0 Å².